The fourth-order valence-corrected chi connectivity index (χ4v) is 3.26. The molecule has 0 amide bonds. The van der Waals surface area contributed by atoms with Crippen molar-refractivity contribution in [1.29, 1.82) is 0 Å². The van der Waals surface area contributed by atoms with Crippen LogP contribution >= 0.6 is 0 Å². The maximum Gasteiger partial charge on any atom is 0.0978 e. The first-order valence-corrected chi connectivity index (χ1v) is 7.47. The highest BCUT2D eigenvalue weighted by Crippen LogP contribution is 2.32. The van der Waals surface area contributed by atoms with Crippen molar-refractivity contribution in [1.82, 2.24) is 5.32 Å². The fourth-order valence-electron chi connectivity index (χ4n) is 3.26. The Balaban J connectivity index is 1.82. The van der Waals surface area contributed by atoms with Crippen LogP contribution in [0, 0.1) is 5.92 Å². The van der Waals surface area contributed by atoms with Crippen LogP contribution < -0.4 is 5.32 Å². The molecule has 3 nitrogen and oxygen atoms in total. The van der Waals surface area contributed by atoms with Gasteiger partial charge in [-0.3, -0.25) is 0 Å². The fraction of sp³-hybridized carbons (Fsp3) is 0.625. The molecule has 0 aromatic heterocycles. The van der Waals surface area contributed by atoms with Gasteiger partial charge in [-0.1, -0.05) is 25.0 Å². The van der Waals surface area contributed by atoms with Crippen molar-refractivity contribution in [2.24, 2.45) is 5.92 Å². The van der Waals surface area contributed by atoms with E-state index >= 15 is 0 Å². The smallest absolute Gasteiger partial charge is 0.0978 e. The predicted molar refractivity (Wildman–Crippen MR) is 76.1 cm³/mol. The van der Waals surface area contributed by atoms with Gasteiger partial charge in [0.25, 0.3) is 0 Å². The molecule has 1 fully saturated rings. The third kappa shape index (κ3) is 2.93. The van der Waals surface area contributed by atoms with Crippen molar-refractivity contribution in [3.8, 4) is 0 Å². The summed E-state index contributed by atoms with van der Waals surface area (Å²) < 4.78 is 5.36. The minimum absolute atomic E-state index is 0.268. The molecular formula is C16H23NO2. The van der Waals surface area contributed by atoms with Crippen LogP contribution in [0.2, 0.25) is 0 Å². The Labute approximate surface area is 115 Å². The Morgan fingerprint density at radius 1 is 1.26 bits per heavy atom. The number of ether oxygens (including phenoxy) is 1. The van der Waals surface area contributed by atoms with Gasteiger partial charge in [-0.2, -0.15) is 0 Å². The van der Waals surface area contributed by atoms with Crippen LogP contribution in [-0.4, -0.2) is 30.9 Å². The van der Waals surface area contributed by atoms with E-state index in [-0.39, 0.29) is 5.92 Å². The number of fused-ring (bicyclic) bond motifs is 1. The summed E-state index contributed by atoms with van der Waals surface area (Å²) in [5.74, 6) is 0.828. The van der Waals surface area contributed by atoms with Crippen LogP contribution in [0.4, 0.5) is 0 Å². The number of nitrogens with one attached hydrogen (secondary N) is 1. The Morgan fingerprint density at radius 2 is 2.21 bits per heavy atom. The monoisotopic (exact) mass is 261 g/mol. The maximum absolute atomic E-state index is 10.3. The third-order valence-electron chi connectivity index (χ3n) is 4.38. The third-order valence-corrected chi connectivity index (χ3v) is 4.38. The zero-order valence-electron chi connectivity index (χ0n) is 11.4. The molecule has 1 aliphatic carbocycles. The van der Waals surface area contributed by atoms with Gasteiger partial charge in [0.15, 0.2) is 0 Å². The van der Waals surface area contributed by atoms with E-state index in [1.54, 1.807) is 0 Å². The van der Waals surface area contributed by atoms with Gasteiger partial charge >= 0.3 is 0 Å². The molecule has 0 aromatic rings. The number of rotatable bonds is 1. The van der Waals surface area contributed by atoms with Crippen molar-refractivity contribution in [3.05, 3.63) is 35.1 Å². The van der Waals surface area contributed by atoms with Gasteiger partial charge in [-0.05, 0) is 43.0 Å². The van der Waals surface area contributed by atoms with E-state index in [0.717, 1.165) is 26.0 Å². The molecule has 1 saturated heterocycles. The minimum Gasteiger partial charge on any atom is -0.512 e. The number of aliphatic hydroxyl groups excluding tert-OH is 1. The molecular weight excluding hydrogens is 238 g/mol. The van der Waals surface area contributed by atoms with Gasteiger partial charge in [-0.15, -0.1) is 0 Å². The summed E-state index contributed by atoms with van der Waals surface area (Å²) in [6.45, 7) is 2.54. The van der Waals surface area contributed by atoms with Gasteiger partial charge in [0, 0.05) is 12.0 Å². The first kappa shape index (κ1) is 12.9. The van der Waals surface area contributed by atoms with E-state index < -0.39 is 0 Å². The van der Waals surface area contributed by atoms with E-state index in [0.29, 0.717) is 18.4 Å². The Morgan fingerprint density at radius 3 is 3.05 bits per heavy atom. The summed E-state index contributed by atoms with van der Waals surface area (Å²) in [6, 6.07) is 0.295. The zero-order chi connectivity index (χ0) is 13.1. The van der Waals surface area contributed by atoms with Crippen LogP contribution in [-0.2, 0) is 4.74 Å². The summed E-state index contributed by atoms with van der Waals surface area (Å²) >= 11 is 0. The summed E-state index contributed by atoms with van der Waals surface area (Å²) in [5.41, 5.74) is 2.51. The number of aliphatic hydroxyl groups is 1. The molecule has 3 aliphatic rings. The van der Waals surface area contributed by atoms with Gasteiger partial charge in [0.05, 0.1) is 19.0 Å². The highest BCUT2D eigenvalue weighted by atomic mass is 16.5. The van der Waals surface area contributed by atoms with Crippen LogP contribution in [0.1, 0.15) is 32.1 Å². The molecule has 0 bridgehead atoms. The van der Waals surface area contributed by atoms with Crippen molar-refractivity contribution >= 4 is 0 Å². The highest BCUT2D eigenvalue weighted by Gasteiger charge is 2.28. The molecule has 2 atom stereocenters. The normalized spacial score (nSPS) is 32.3. The summed E-state index contributed by atoms with van der Waals surface area (Å²) in [7, 11) is 0. The molecule has 2 N–H and O–H groups in total. The van der Waals surface area contributed by atoms with Crippen LogP contribution in [0.3, 0.4) is 0 Å². The summed E-state index contributed by atoms with van der Waals surface area (Å²) in [4.78, 5) is 0. The number of hydrogen-bond acceptors (Lipinski definition) is 3. The lowest BCUT2D eigenvalue weighted by Gasteiger charge is -2.32. The quantitative estimate of drug-likeness (QED) is 0.762. The van der Waals surface area contributed by atoms with Gasteiger partial charge in [0.2, 0.25) is 0 Å². The predicted octanol–water partition coefficient (Wildman–Crippen LogP) is 2.86. The van der Waals surface area contributed by atoms with E-state index in [2.05, 4.69) is 17.5 Å². The highest BCUT2D eigenvalue weighted by molar-refractivity contribution is 5.45. The molecule has 2 aliphatic heterocycles. The Kier molecular flexibility index (Phi) is 4.04. The molecule has 0 spiro atoms. The standard InChI is InChI=1S/C16H23NO2/c18-16-11-13(12-5-8-19-9-6-12)10-15-14(16)4-2-1-3-7-17-15/h5,10-11,14-15,17-18H,1-4,6-9H2. The first-order chi connectivity index (χ1) is 9.34. The molecule has 19 heavy (non-hydrogen) atoms. The second-order valence-corrected chi connectivity index (χ2v) is 5.68. The van der Waals surface area contributed by atoms with Crippen molar-refractivity contribution in [2.75, 3.05) is 19.8 Å². The van der Waals surface area contributed by atoms with Crippen molar-refractivity contribution < 1.29 is 9.84 Å². The molecule has 0 saturated carbocycles. The van der Waals surface area contributed by atoms with Gasteiger partial charge in [0.1, 0.15) is 0 Å². The number of hydrogen-bond donors (Lipinski definition) is 2. The summed E-state index contributed by atoms with van der Waals surface area (Å²) in [5, 5.41) is 13.9. The first-order valence-electron chi connectivity index (χ1n) is 7.47. The SMILES string of the molecule is OC1=CC(C2=CCOCC2)=CC2NCCCCCC12. The van der Waals surface area contributed by atoms with Crippen molar-refractivity contribution in [3.63, 3.8) is 0 Å². The van der Waals surface area contributed by atoms with E-state index in [1.807, 2.05) is 6.08 Å². The minimum atomic E-state index is 0.268. The second-order valence-electron chi connectivity index (χ2n) is 5.68. The summed E-state index contributed by atoms with van der Waals surface area (Å²) in [6.07, 6.45) is 12.2. The van der Waals surface area contributed by atoms with Crippen LogP contribution in [0.5, 0.6) is 0 Å². The van der Waals surface area contributed by atoms with E-state index in [1.165, 1.54) is 30.4 Å². The topological polar surface area (TPSA) is 41.5 Å². The average Bonchev–Trinajstić information content (AvgIpc) is 2.41. The lowest BCUT2D eigenvalue weighted by molar-refractivity contribution is 0.155. The van der Waals surface area contributed by atoms with E-state index in [4.69, 9.17) is 4.74 Å². The Hall–Kier alpha value is -1.06. The van der Waals surface area contributed by atoms with Gasteiger partial charge in [-0.25, -0.2) is 0 Å². The van der Waals surface area contributed by atoms with Crippen LogP contribution in [0.15, 0.2) is 35.1 Å². The molecule has 0 aromatic carbocycles. The van der Waals surface area contributed by atoms with Gasteiger partial charge < -0.3 is 15.2 Å². The molecule has 0 radical (unpaired) electrons. The molecule has 3 heteroatoms. The Bertz CT molecular complexity index is 422. The zero-order valence-corrected chi connectivity index (χ0v) is 11.4. The molecule has 104 valence electrons. The lowest BCUT2D eigenvalue weighted by Crippen LogP contribution is -2.39. The molecule has 2 unspecified atom stereocenters. The molecule has 3 rings (SSSR count). The molecule has 2 heterocycles. The maximum atomic E-state index is 10.3. The van der Waals surface area contributed by atoms with Crippen LogP contribution in [0.25, 0.3) is 0 Å². The average molecular weight is 261 g/mol. The lowest BCUT2D eigenvalue weighted by atomic mass is 9.82. The largest absolute Gasteiger partial charge is 0.512 e. The van der Waals surface area contributed by atoms with E-state index in [9.17, 15) is 5.11 Å². The second kappa shape index (κ2) is 5.93. The van der Waals surface area contributed by atoms with Crippen molar-refractivity contribution in [2.45, 2.75) is 38.1 Å². The number of allylic oxidation sites excluding steroid dienone is 2.